The van der Waals surface area contributed by atoms with Gasteiger partial charge < -0.3 is 10.4 Å². The first-order chi connectivity index (χ1) is 13.0. The molecular weight excluding hydrogens is 365 g/mol. The molecule has 4 nitrogen and oxygen atoms in total. The minimum absolute atomic E-state index is 0.0652. The van der Waals surface area contributed by atoms with Gasteiger partial charge in [0.15, 0.2) is 0 Å². The van der Waals surface area contributed by atoms with Gasteiger partial charge in [-0.1, -0.05) is 48.0 Å². The molecule has 6 heteroatoms. The SMILES string of the molecule is Cc1ccc(-c2scc(NC(=O)CCc3ccccc3F)c2C(=O)O)cc1. The number of aryl methyl sites for hydroxylation is 2. The molecule has 0 aliphatic heterocycles. The van der Waals surface area contributed by atoms with E-state index < -0.39 is 5.97 Å². The Hall–Kier alpha value is -2.99. The van der Waals surface area contributed by atoms with Crippen molar-refractivity contribution < 1.29 is 19.1 Å². The summed E-state index contributed by atoms with van der Waals surface area (Å²) in [5.41, 5.74) is 2.66. The molecule has 1 amide bonds. The average molecular weight is 383 g/mol. The number of rotatable bonds is 6. The molecule has 0 saturated carbocycles. The minimum atomic E-state index is -1.10. The Morgan fingerprint density at radius 3 is 2.48 bits per heavy atom. The van der Waals surface area contributed by atoms with E-state index in [1.165, 1.54) is 17.4 Å². The molecule has 3 rings (SSSR count). The number of carboxylic acids is 1. The van der Waals surface area contributed by atoms with Crippen LogP contribution in [-0.4, -0.2) is 17.0 Å². The second-order valence-corrected chi connectivity index (χ2v) is 7.04. The Bertz CT molecular complexity index is 979. The predicted octanol–water partition coefficient (Wildman–Crippen LogP) is 5.13. The summed E-state index contributed by atoms with van der Waals surface area (Å²) >= 11 is 1.27. The molecule has 0 unspecified atom stereocenters. The highest BCUT2D eigenvalue weighted by Crippen LogP contribution is 2.36. The summed E-state index contributed by atoms with van der Waals surface area (Å²) in [6.45, 7) is 1.96. The van der Waals surface area contributed by atoms with E-state index in [9.17, 15) is 19.1 Å². The molecule has 0 saturated heterocycles. The fourth-order valence-corrected chi connectivity index (χ4v) is 3.74. The van der Waals surface area contributed by atoms with Gasteiger partial charge in [0.05, 0.1) is 10.6 Å². The van der Waals surface area contributed by atoms with E-state index >= 15 is 0 Å². The molecule has 0 aliphatic rings. The lowest BCUT2D eigenvalue weighted by Crippen LogP contribution is -2.14. The zero-order valence-corrected chi connectivity index (χ0v) is 15.5. The highest BCUT2D eigenvalue weighted by atomic mass is 32.1. The topological polar surface area (TPSA) is 66.4 Å². The fraction of sp³-hybridized carbons (Fsp3) is 0.143. The molecule has 0 bridgehead atoms. The number of aromatic carboxylic acids is 1. The van der Waals surface area contributed by atoms with Crippen LogP contribution in [0.25, 0.3) is 10.4 Å². The molecule has 2 N–H and O–H groups in total. The van der Waals surface area contributed by atoms with E-state index in [2.05, 4.69) is 5.32 Å². The van der Waals surface area contributed by atoms with Crippen LogP contribution in [0.3, 0.4) is 0 Å². The van der Waals surface area contributed by atoms with Crippen molar-refractivity contribution in [2.24, 2.45) is 0 Å². The first-order valence-corrected chi connectivity index (χ1v) is 9.28. The molecule has 0 atom stereocenters. The third-order valence-electron chi connectivity index (χ3n) is 4.17. The molecular formula is C21H18FNO3S. The second-order valence-electron chi connectivity index (χ2n) is 6.16. The highest BCUT2D eigenvalue weighted by molar-refractivity contribution is 7.14. The van der Waals surface area contributed by atoms with Gasteiger partial charge in [-0.3, -0.25) is 4.79 Å². The van der Waals surface area contributed by atoms with Crippen LogP contribution in [0.5, 0.6) is 0 Å². The minimum Gasteiger partial charge on any atom is -0.478 e. The van der Waals surface area contributed by atoms with E-state index in [0.29, 0.717) is 10.4 Å². The third kappa shape index (κ3) is 4.41. The maximum Gasteiger partial charge on any atom is 0.339 e. The number of carbonyl (C=O) groups is 2. The molecule has 2 aromatic carbocycles. The van der Waals surface area contributed by atoms with Crippen molar-refractivity contribution in [1.82, 2.24) is 0 Å². The van der Waals surface area contributed by atoms with E-state index in [1.807, 2.05) is 31.2 Å². The Morgan fingerprint density at radius 1 is 1.11 bits per heavy atom. The summed E-state index contributed by atoms with van der Waals surface area (Å²) in [6, 6.07) is 13.8. The number of hydrogen-bond acceptors (Lipinski definition) is 3. The van der Waals surface area contributed by atoms with E-state index in [-0.39, 0.29) is 35.8 Å². The van der Waals surface area contributed by atoms with Crippen molar-refractivity contribution >= 4 is 28.9 Å². The van der Waals surface area contributed by atoms with Gasteiger partial charge in [-0.25, -0.2) is 9.18 Å². The van der Waals surface area contributed by atoms with Crippen LogP contribution in [0, 0.1) is 12.7 Å². The van der Waals surface area contributed by atoms with Gasteiger partial charge in [0.25, 0.3) is 0 Å². The van der Waals surface area contributed by atoms with Crippen molar-refractivity contribution in [2.45, 2.75) is 19.8 Å². The van der Waals surface area contributed by atoms with Gasteiger partial charge >= 0.3 is 5.97 Å². The molecule has 138 valence electrons. The van der Waals surface area contributed by atoms with Crippen LogP contribution in [-0.2, 0) is 11.2 Å². The van der Waals surface area contributed by atoms with Crippen LogP contribution in [0.4, 0.5) is 10.1 Å². The first-order valence-electron chi connectivity index (χ1n) is 8.41. The molecule has 0 fully saturated rings. The Morgan fingerprint density at radius 2 is 1.81 bits per heavy atom. The smallest absolute Gasteiger partial charge is 0.339 e. The zero-order chi connectivity index (χ0) is 19.4. The molecule has 0 spiro atoms. The van der Waals surface area contributed by atoms with Gasteiger partial charge in [0, 0.05) is 11.8 Å². The highest BCUT2D eigenvalue weighted by Gasteiger charge is 2.21. The van der Waals surface area contributed by atoms with Gasteiger partial charge in [-0.2, -0.15) is 0 Å². The lowest BCUT2D eigenvalue weighted by molar-refractivity contribution is -0.116. The third-order valence-corrected chi connectivity index (χ3v) is 5.20. The van der Waals surface area contributed by atoms with Crippen LogP contribution in [0.1, 0.15) is 27.9 Å². The number of hydrogen-bond donors (Lipinski definition) is 2. The largest absolute Gasteiger partial charge is 0.478 e. The van der Waals surface area contributed by atoms with Crippen molar-refractivity contribution in [2.75, 3.05) is 5.32 Å². The van der Waals surface area contributed by atoms with Gasteiger partial charge in [0.2, 0.25) is 5.91 Å². The van der Waals surface area contributed by atoms with Gasteiger partial charge in [-0.15, -0.1) is 11.3 Å². The Labute approximate surface area is 160 Å². The first kappa shape index (κ1) is 18.8. The number of nitrogens with one attached hydrogen (secondary N) is 1. The number of carbonyl (C=O) groups excluding carboxylic acids is 1. The van der Waals surface area contributed by atoms with Crippen molar-refractivity contribution in [3.05, 3.63) is 76.4 Å². The maximum atomic E-state index is 13.6. The lowest BCUT2D eigenvalue weighted by Gasteiger charge is -2.07. The van der Waals surface area contributed by atoms with Crippen LogP contribution < -0.4 is 5.32 Å². The number of halogens is 1. The molecule has 0 radical (unpaired) electrons. The number of amides is 1. The average Bonchev–Trinajstić information content (AvgIpc) is 3.05. The summed E-state index contributed by atoms with van der Waals surface area (Å²) in [6.07, 6.45) is 0.311. The summed E-state index contributed by atoms with van der Waals surface area (Å²) in [4.78, 5) is 24.6. The van der Waals surface area contributed by atoms with Crippen LogP contribution in [0.15, 0.2) is 53.9 Å². The molecule has 0 aliphatic carbocycles. The van der Waals surface area contributed by atoms with Crippen LogP contribution >= 0.6 is 11.3 Å². The number of anilines is 1. The Kier molecular flexibility index (Phi) is 5.66. The monoisotopic (exact) mass is 383 g/mol. The van der Waals surface area contributed by atoms with E-state index in [1.54, 1.807) is 23.6 Å². The zero-order valence-electron chi connectivity index (χ0n) is 14.7. The molecule has 1 heterocycles. The van der Waals surface area contributed by atoms with E-state index in [4.69, 9.17) is 0 Å². The number of carboxylic acid groups (broad SMARTS) is 1. The Balaban J connectivity index is 1.76. The molecule has 1 aromatic heterocycles. The fourth-order valence-electron chi connectivity index (χ4n) is 2.74. The number of benzene rings is 2. The van der Waals surface area contributed by atoms with Crippen molar-refractivity contribution in [3.63, 3.8) is 0 Å². The quantitative estimate of drug-likeness (QED) is 0.620. The maximum absolute atomic E-state index is 13.6. The standard InChI is InChI=1S/C21H18FNO3S/c1-13-6-8-15(9-7-13)20-19(21(25)26)17(12-27-20)23-18(24)11-10-14-4-2-3-5-16(14)22/h2-9,12H,10-11H2,1H3,(H,23,24)(H,25,26). The van der Waals surface area contributed by atoms with Gasteiger partial charge in [-0.05, 0) is 30.5 Å². The normalized spacial score (nSPS) is 10.6. The molecule has 27 heavy (non-hydrogen) atoms. The second kappa shape index (κ2) is 8.14. The number of thiophene rings is 1. The summed E-state index contributed by atoms with van der Waals surface area (Å²) in [7, 11) is 0. The van der Waals surface area contributed by atoms with Crippen molar-refractivity contribution in [1.29, 1.82) is 0 Å². The molecule has 3 aromatic rings. The summed E-state index contributed by atoms with van der Waals surface area (Å²) in [5, 5.41) is 13.9. The summed E-state index contributed by atoms with van der Waals surface area (Å²) < 4.78 is 13.6. The van der Waals surface area contributed by atoms with Gasteiger partial charge in [0.1, 0.15) is 11.4 Å². The predicted molar refractivity (Wildman–Crippen MR) is 105 cm³/mol. The lowest BCUT2D eigenvalue weighted by atomic mass is 10.1. The van der Waals surface area contributed by atoms with Crippen molar-refractivity contribution in [3.8, 4) is 10.4 Å². The van der Waals surface area contributed by atoms with Crippen LogP contribution in [0.2, 0.25) is 0 Å². The van der Waals surface area contributed by atoms with E-state index in [0.717, 1.165) is 11.1 Å². The summed E-state index contributed by atoms with van der Waals surface area (Å²) in [5.74, 6) is -1.81.